The summed E-state index contributed by atoms with van der Waals surface area (Å²) in [7, 11) is 0. The number of nitro benzene ring substituents is 1. The number of hydrogen-bond donors (Lipinski definition) is 1. The molecule has 1 aliphatic rings. The highest BCUT2D eigenvalue weighted by Gasteiger charge is 2.23. The molecule has 0 saturated carbocycles. The van der Waals surface area contributed by atoms with E-state index in [1.165, 1.54) is 17.7 Å². The Labute approximate surface area is 157 Å². The number of nitro groups is 1. The zero-order valence-electron chi connectivity index (χ0n) is 14.1. The van der Waals surface area contributed by atoms with Gasteiger partial charge in [-0.15, -0.1) is 12.4 Å². The summed E-state index contributed by atoms with van der Waals surface area (Å²) in [6.45, 7) is 3.85. The van der Waals surface area contributed by atoms with Crippen molar-refractivity contribution in [2.45, 2.75) is 6.54 Å². The number of benzene rings is 2. The highest BCUT2D eigenvalue weighted by Crippen LogP contribution is 2.26. The molecule has 0 unspecified atom stereocenters. The van der Waals surface area contributed by atoms with E-state index in [0.717, 1.165) is 25.7 Å². The van der Waals surface area contributed by atoms with Gasteiger partial charge in [-0.25, -0.2) is 4.79 Å². The smallest absolute Gasteiger partial charge is 0.338 e. The molecule has 0 amide bonds. The van der Waals surface area contributed by atoms with Crippen molar-refractivity contribution in [3.63, 3.8) is 0 Å². The Kier molecular flexibility index (Phi) is 6.54. The van der Waals surface area contributed by atoms with E-state index in [0.29, 0.717) is 18.8 Å². The van der Waals surface area contributed by atoms with Gasteiger partial charge in [0.05, 0.1) is 16.2 Å². The minimum atomic E-state index is -1.15. The van der Waals surface area contributed by atoms with Crippen LogP contribution >= 0.6 is 12.4 Å². The van der Waals surface area contributed by atoms with Gasteiger partial charge in [-0.1, -0.05) is 30.3 Å². The van der Waals surface area contributed by atoms with Crippen molar-refractivity contribution in [2.75, 3.05) is 31.1 Å². The Balaban J connectivity index is 0.00000243. The lowest BCUT2D eigenvalue weighted by Crippen LogP contribution is -2.46. The van der Waals surface area contributed by atoms with Gasteiger partial charge in [-0.2, -0.15) is 0 Å². The van der Waals surface area contributed by atoms with Gasteiger partial charge in [0.2, 0.25) is 0 Å². The van der Waals surface area contributed by atoms with Crippen molar-refractivity contribution in [2.24, 2.45) is 0 Å². The molecule has 1 fully saturated rings. The van der Waals surface area contributed by atoms with Crippen molar-refractivity contribution >= 4 is 29.8 Å². The summed E-state index contributed by atoms with van der Waals surface area (Å²) in [6, 6.07) is 14.2. The molecule has 0 bridgehead atoms. The number of nitrogens with zero attached hydrogens (tertiary/aromatic N) is 3. The molecule has 0 atom stereocenters. The molecule has 1 heterocycles. The van der Waals surface area contributed by atoms with Crippen LogP contribution in [-0.4, -0.2) is 47.1 Å². The zero-order valence-corrected chi connectivity index (χ0v) is 14.9. The first kappa shape index (κ1) is 19.7. The molecule has 3 rings (SSSR count). The maximum Gasteiger partial charge on any atom is 0.338 e. The molecule has 1 N–H and O–H groups in total. The standard InChI is InChI=1S/C18H19N3O4.ClH/c22-18(23)16-12-15(21(24)25)6-7-17(16)20-10-8-19(9-11-20)13-14-4-2-1-3-5-14;/h1-7,12H,8-11,13H2,(H,22,23);1H. The lowest BCUT2D eigenvalue weighted by Gasteiger charge is -2.36. The Hall–Kier alpha value is -2.64. The average Bonchev–Trinajstić information content (AvgIpc) is 2.62. The molecule has 0 radical (unpaired) electrons. The number of rotatable bonds is 5. The number of anilines is 1. The van der Waals surface area contributed by atoms with Crippen molar-refractivity contribution < 1.29 is 14.8 Å². The van der Waals surface area contributed by atoms with Crippen LogP contribution in [0, 0.1) is 10.1 Å². The van der Waals surface area contributed by atoms with E-state index in [4.69, 9.17) is 0 Å². The van der Waals surface area contributed by atoms with Crippen molar-refractivity contribution in [1.29, 1.82) is 0 Å². The van der Waals surface area contributed by atoms with Gasteiger partial charge in [0.15, 0.2) is 0 Å². The van der Waals surface area contributed by atoms with Crippen LogP contribution < -0.4 is 4.90 Å². The second kappa shape index (κ2) is 8.64. The van der Waals surface area contributed by atoms with Crippen LogP contribution in [0.5, 0.6) is 0 Å². The molecule has 7 nitrogen and oxygen atoms in total. The molecular formula is C18H20ClN3O4. The molecule has 0 spiro atoms. The summed E-state index contributed by atoms with van der Waals surface area (Å²) < 4.78 is 0. The van der Waals surface area contributed by atoms with Crippen LogP contribution in [0.3, 0.4) is 0 Å². The first-order chi connectivity index (χ1) is 12.0. The quantitative estimate of drug-likeness (QED) is 0.636. The summed E-state index contributed by atoms with van der Waals surface area (Å²) >= 11 is 0. The predicted octanol–water partition coefficient (Wildman–Crippen LogP) is 3.04. The molecule has 1 aliphatic heterocycles. The number of hydrogen-bond acceptors (Lipinski definition) is 5. The summed E-state index contributed by atoms with van der Waals surface area (Å²) in [4.78, 5) is 26.1. The van der Waals surface area contributed by atoms with Crippen LogP contribution in [0.4, 0.5) is 11.4 Å². The Morgan fingerprint density at radius 1 is 1.08 bits per heavy atom. The maximum atomic E-state index is 11.5. The lowest BCUT2D eigenvalue weighted by atomic mass is 10.1. The largest absolute Gasteiger partial charge is 0.478 e. The number of carboxylic acid groups (broad SMARTS) is 1. The highest BCUT2D eigenvalue weighted by molar-refractivity contribution is 5.95. The van der Waals surface area contributed by atoms with Gasteiger partial charge in [0.25, 0.3) is 5.69 Å². The van der Waals surface area contributed by atoms with Gasteiger partial charge < -0.3 is 10.0 Å². The summed E-state index contributed by atoms with van der Waals surface area (Å²) in [5, 5.41) is 20.3. The predicted molar refractivity (Wildman–Crippen MR) is 101 cm³/mol. The van der Waals surface area contributed by atoms with E-state index in [9.17, 15) is 20.0 Å². The molecular weight excluding hydrogens is 358 g/mol. The monoisotopic (exact) mass is 377 g/mol. The minimum Gasteiger partial charge on any atom is -0.478 e. The van der Waals surface area contributed by atoms with E-state index in [-0.39, 0.29) is 23.7 Å². The van der Waals surface area contributed by atoms with Gasteiger partial charge in [0.1, 0.15) is 0 Å². The van der Waals surface area contributed by atoms with Crippen LogP contribution in [0.25, 0.3) is 0 Å². The third-order valence-corrected chi connectivity index (χ3v) is 4.38. The number of carbonyl (C=O) groups is 1. The van der Waals surface area contributed by atoms with E-state index in [1.807, 2.05) is 23.1 Å². The molecule has 2 aromatic rings. The molecule has 138 valence electrons. The first-order valence-corrected chi connectivity index (χ1v) is 8.07. The number of non-ortho nitro benzene ring substituents is 1. The van der Waals surface area contributed by atoms with E-state index in [2.05, 4.69) is 17.0 Å². The van der Waals surface area contributed by atoms with E-state index < -0.39 is 10.9 Å². The molecule has 26 heavy (non-hydrogen) atoms. The summed E-state index contributed by atoms with van der Waals surface area (Å²) in [5.74, 6) is -1.15. The number of halogens is 1. The second-order valence-electron chi connectivity index (χ2n) is 6.01. The lowest BCUT2D eigenvalue weighted by molar-refractivity contribution is -0.384. The van der Waals surface area contributed by atoms with Crippen LogP contribution in [0.15, 0.2) is 48.5 Å². The Morgan fingerprint density at radius 3 is 2.31 bits per heavy atom. The van der Waals surface area contributed by atoms with Crippen LogP contribution in [0.2, 0.25) is 0 Å². The Bertz CT molecular complexity index is 777. The normalized spacial score (nSPS) is 14.5. The summed E-state index contributed by atoms with van der Waals surface area (Å²) in [6.07, 6.45) is 0. The summed E-state index contributed by atoms with van der Waals surface area (Å²) in [5.41, 5.74) is 1.56. The Morgan fingerprint density at radius 2 is 1.73 bits per heavy atom. The van der Waals surface area contributed by atoms with Gasteiger partial charge in [-0.05, 0) is 11.6 Å². The van der Waals surface area contributed by atoms with Crippen molar-refractivity contribution in [1.82, 2.24) is 4.90 Å². The minimum absolute atomic E-state index is 0. The molecule has 0 aromatic heterocycles. The fourth-order valence-electron chi connectivity index (χ4n) is 3.07. The molecule has 0 aliphatic carbocycles. The fraction of sp³-hybridized carbons (Fsp3) is 0.278. The van der Waals surface area contributed by atoms with Crippen LogP contribution in [-0.2, 0) is 6.54 Å². The maximum absolute atomic E-state index is 11.5. The van der Waals surface area contributed by atoms with E-state index >= 15 is 0 Å². The SMILES string of the molecule is Cl.O=C(O)c1cc([N+](=O)[O-])ccc1N1CCN(Cc2ccccc2)CC1. The average molecular weight is 378 g/mol. The van der Waals surface area contributed by atoms with Crippen molar-refractivity contribution in [3.8, 4) is 0 Å². The van der Waals surface area contributed by atoms with Crippen molar-refractivity contribution in [3.05, 3.63) is 69.8 Å². The highest BCUT2D eigenvalue weighted by atomic mass is 35.5. The molecule has 8 heteroatoms. The molecule has 2 aromatic carbocycles. The first-order valence-electron chi connectivity index (χ1n) is 8.07. The second-order valence-corrected chi connectivity index (χ2v) is 6.01. The van der Waals surface area contributed by atoms with Gasteiger partial charge in [-0.3, -0.25) is 15.0 Å². The van der Waals surface area contributed by atoms with E-state index in [1.54, 1.807) is 0 Å². The van der Waals surface area contributed by atoms with Crippen LogP contribution in [0.1, 0.15) is 15.9 Å². The number of carboxylic acids is 1. The number of piperazine rings is 1. The fourth-order valence-corrected chi connectivity index (χ4v) is 3.07. The van der Waals surface area contributed by atoms with Gasteiger partial charge in [0, 0.05) is 44.9 Å². The third-order valence-electron chi connectivity index (χ3n) is 4.38. The molecule has 1 saturated heterocycles. The van der Waals surface area contributed by atoms with Gasteiger partial charge >= 0.3 is 5.97 Å². The number of aromatic carboxylic acids is 1. The third kappa shape index (κ3) is 4.50. The topological polar surface area (TPSA) is 86.9 Å². The zero-order chi connectivity index (χ0) is 17.8.